The molecule has 2 aromatic heterocycles. The summed E-state index contributed by atoms with van der Waals surface area (Å²) in [5.74, 6) is 0.0613. The summed E-state index contributed by atoms with van der Waals surface area (Å²) in [6.45, 7) is 0.543. The van der Waals surface area contributed by atoms with Crippen molar-refractivity contribution in [1.82, 2.24) is 19.5 Å². The van der Waals surface area contributed by atoms with E-state index in [1.165, 1.54) is 24.9 Å². The number of rotatable bonds is 7. The molecule has 0 unspecified atom stereocenters. The van der Waals surface area contributed by atoms with E-state index in [0.29, 0.717) is 12.2 Å². The van der Waals surface area contributed by atoms with E-state index in [9.17, 15) is 13.2 Å². The summed E-state index contributed by atoms with van der Waals surface area (Å²) in [6.07, 6.45) is -4.50. The normalized spacial score (nSPS) is 11.8. The van der Waals surface area contributed by atoms with Gasteiger partial charge in [-0.15, -0.1) is 0 Å². The molecule has 2 N–H and O–H groups in total. The highest BCUT2D eigenvalue weighted by molar-refractivity contribution is 9.10. The van der Waals surface area contributed by atoms with Gasteiger partial charge in [0.2, 0.25) is 0 Å². The first kappa shape index (κ1) is 21.1. The first-order valence-electron chi connectivity index (χ1n) is 8.29. The zero-order chi connectivity index (χ0) is 21.2. The number of fused-ring (bicyclic) bond motifs is 1. The van der Waals surface area contributed by atoms with Gasteiger partial charge in [0.1, 0.15) is 6.61 Å². The molecule has 0 saturated heterocycles. The van der Waals surface area contributed by atoms with Gasteiger partial charge >= 0.3 is 12.2 Å². The number of aromatic nitrogens is 4. The Labute approximate surface area is 171 Å². The summed E-state index contributed by atoms with van der Waals surface area (Å²) in [6, 6.07) is 4.09. The quantitative estimate of drug-likeness (QED) is 0.523. The number of ether oxygens (including phenoxy) is 3. The van der Waals surface area contributed by atoms with Gasteiger partial charge in [-0.2, -0.15) is 28.1 Å². The van der Waals surface area contributed by atoms with Crippen LogP contribution in [0.4, 0.5) is 19.0 Å². The Kier molecular flexibility index (Phi) is 6.13. The molecule has 3 aromatic rings. The minimum absolute atomic E-state index is 0.00244. The second kappa shape index (κ2) is 8.41. The minimum Gasteiger partial charge on any atom is -0.468 e. The largest absolute Gasteiger partial charge is 0.468 e. The first-order chi connectivity index (χ1) is 13.7. The molecule has 0 aliphatic rings. The van der Waals surface area contributed by atoms with Crippen LogP contribution >= 0.6 is 15.9 Å². The number of nitrogens with zero attached hydrogens (tertiary/aromatic N) is 4. The molecule has 0 bridgehead atoms. The molecule has 0 saturated carbocycles. The summed E-state index contributed by atoms with van der Waals surface area (Å²) in [4.78, 5) is 12.5. The van der Waals surface area contributed by atoms with Crippen LogP contribution < -0.4 is 15.2 Å². The van der Waals surface area contributed by atoms with Gasteiger partial charge in [-0.25, -0.2) is 0 Å². The lowest BCUT2D eigenvalue weighted by Gasteiger charge is -2.13. The van der Waals surface area contributed by atoms with Crippen molar-refractivity contribution < 1.29 is 27.4 Å². The van der Waals surface area contributed by atoms with E-state index >= 15 is 0 Å². The highest BCUT2D eigenvalue weighted by Crippen LogP contribution is 2.36. The molecular formula is C17H17BrF3N5O3. The lowest BCUT2D eigenvalue weighted by molar-refractivity contribution is -0.138. The molecule has 3 rings (SSSR count). The number of nitrogens with two attached hydrogens (primary N) is 1. The zero-order valence-electron chi connectivity index (χ0n) is 15.5. The van der Waals surface area contributed by atoms with E-state index in [-0.39, 0.29) is 46.6 Å². The van der Waals surface area contributed by atoms with Crippen molar-refractivity contribution >= 4 is 32.9 Å². The van der Waals surface area contributed by atoms with Crippen LogP contribution in [0.25, 0.3) is 11.2 Å². The second-order valence-corrected chi connectivity index (χ2v) is 6.76. The molecule has 12 heteroatoms. The predicted octanol–water partition coefficient (Wildman–Crippen LogP) is 3.27. The fraction of sp³-hybridized carbons (Fsp3) is 0.353. The van der Waals surface area contributed by atoms with Gasteiger partial charge in [-0.1, -0.05) is 22.0 Å². The van der Waals surface area contributed by atoms with E-state index < -0.39 is 11.7 Å². The molecule has 156 valence electrons. The van der Waals surface area contributed by atoms with Crippen LogP contribution in [0.3, 0.4) is 0 Å². The Morgan fingerprint density at radius 1 is 1.14 bits per heavy atom. The monoisotopic (exact) mass is 475 g/mol. The van der Waals surface area contributed by atoms with Gasteiger partial charge in [0.05, 0.1) is 25.8 Å². The fourth-order valence-corrected chi connectivity index (χ4v) is 3.10. The van der Waals surface area contributed by atoms with Crippen molar-refractivity contribution in [1.29, 1.82) is 0 Å². The summed E-state index contributed by atoms with van der Waals surface area (Å²) in [5, 5.41) is 0. The van der Waals surface area contributed by atoms with Crippen LogP contribution in [0.1, 0.15) is 11.1 Å². The molecule has 29 heavy (non-hydrogen) atoms. The maximum absolute atomic E-state index is 13.2. The molecule has 0 radical (unpaired) electrons. The molecule has 0 spiro atoms. The number of hydrogen-bond acceptors (Lipinski definition) is 7. The topological polar surface area (TPSA) is 97.3 Å². The summed E-state index contributed by atoms with van der Waals surface area (Å²) in [5.41, 5.74) is 6.07. The van der Waals surface area contributed by atoms with Crippen LogP contribution in [0.2, 0.25) is 0 Å². The van der Waals surface area contributed by atoms with E-state index in [4.69, 9.17) is 19.9 Å². The van der Waals surface area contributed by atoms with Crippen LogP contribution in [-0.2, 0) is 17.5 Å². The maximum Gasteiger partial charge on any atom is 0.417 e. The van der Waals surface area contributed by atoms with Crippen molar-refractivity contribution in [2.45, 2.75) is 12.7 Å². The third kappa shape index (κ3) is 4.53. The molecule has 2 heterocycles. The van der Waals surface area contributed by atoms with Crippen molar-refractivity contribution in [3.63, 3.8) is 0 Å². The lowest BCUT2D eigenvalue weighted by atomic mass is 10.1. The number of anilines is 1. The van der Waals surface area contributed by atoms with E-state index in [0.717, 1.165) is 6.07 Å². The van der Waals surface area contributed by atoms with Crippen molar-refractivity contribution in [3.05, 3.63) is 33.8 Å². The second-order valence-electron chi connectivity index (χ2n) is 5.90. The Bertz CT molecular complexity index is 1030. The Morgan fingerprint density at radius 2 is 1.90 bits per heavy atom. The number of imidazole rings is 1. The molecule has 0 fully saturated rings. The summed E-state index contributed by atoms with van der Waals surface area (Å²) < 4.78 is 56.7. The highest BCUT2D eigenvalue weighted by Gasteiger charge is 2.33. The van der Waals surface area contributed by atoms with Crippen molar-refractivity contribution in [2.75, 3.05) is 33.2 Å². The van der Waals surface area contributed by atoms with Gasteiger partial charge in [0, 0.05) is 11.6 Å². The van der Waals surface area contributed by atoms with Gasteiger partial charge in [-0.3, -0.25) is 4.57 Å². The highest BCUT2D eigenvalue weighted by atomic mass is 79.9. The predicted molar refractivity (Wildman–Crippen MR) is 102 cm³/mol. The number of methoxy groups -OCH3 is 2. The fourth-order valence-electron chi connectivity index (χ4n) is 2.63. The SMILES string of the molecule is COCCOc1nc(N)c2nc(OC)n(Cc3ccc(Br)c(C(F)(F)F)c3)c2n1. The number of benzene rings is 1. The summed E-state index contributed by atoms with van der Waals surface area (Å²) >= 11 is 2.93. The Morgan fingerprint density at radius 3 is 2.55 bits per heavy atom. The van der Waals surface area contributed by atoms with Crippen molar-refractivity contribution in [2.24, 2.45) is 0 Å². The standard InChI is InChI=1S/C17H17BrF3N5O3/c1-27-5-6-29-15-24-13(22)12-14(25-15)26(16(23-12)28-2)8-9-3-4-11(18)10(7-9)17(19,20)21/h3-4,7H,5-6,8H2,1-2H3,(H2,22,24,25). The van der Waals surface area contributed by atoms with E-state index in [2.05, 4.69) is 30.9 Å². The summed E-state index contributed by atoms with van der Waals surface area (Å²) in [7, 11) is 2.91. The van der Waals surface area contributed by atoms with E-state index in [1.807, 2.05) is 0 Å². The van der Waals surface area contributed by atoms with E-state index in [1.54, 1.807) is 6.07 Å². The molecule has 0 aliphatic carbocycles. The molecule has 8 nitrogen and oxygen atoms in total. The number of hydrogen-bond donors (Lipinski definition) is 1. The molecule has 0 aliphatic heterocycles. The lowest BCUT2D eigenvalue weighted by Crippen LogP contribution is -2.10. The number of nitrogen functional groups attached to an aromatic ring is 1. The first-order valence-corrected chi connectivity index (χ1v) is 9.09. The smallest absolute Gasteiger partial charge is 0.417 e. The molecule has 0 amide bonds. The Balaban J connectivity index is 2.04. The van der Waals surface area contributed by atoms with Gasteiger partial charge < -0.3 is 19.9 Å². The minimum atomic E-state index is -4.50. The van der Waals surface area contributed by atoms with Gasteiger partial charge in [0.25, 0.3) is 6.01 Å². The Hall–Kier alpha value is -2.60. The van der Waals surface area contributed by atoms with Gasteiger partial charge in [0.15, 0.2) is 17.0 Å². The van der Waals surface area contributed by atoms with Gasteiger partial charge in [-0.05, 0) is 17.7 Å². The molecular weight excluding hydrogens is 459 g/mol. The van der Waals surface area contributed by atoms with Crippen LogP contribution in [0, 0.1) is 0 Å². The van der Waals surface area contributed by atoms with Crippen LogP contribution in [0.5, 0.6) is 12.0 Å². The maximum atomic E-state index is 13.2. The number of alkyl halides is 3. The third-order valence-corrected chi connectivity index (χ3v) is 4.64. The average molecular weight is 476 g/mol. The third-order valence-electron chi connectivity index (χ3n) is 3.94. The zero-order valence-corrected chi connectivity index (χ0v) is 17.0. The average Bonchev–Trinajstić information content (AvgIpc) is 3.01. The van der Waals surface area contributed by atoms with Crippen LogP contribution in [-0.4, -0.2) is 47.0 Å². The molecule has 1 aromatic carbocycles. The molecule has 0 atom stereocenters. The van der Waals surface area contributed by atoms with Crippen molar-refractivity contribution in [3.8, 4) is 12.0 Å². The van der Waals surface area contributed by atoms with Crippen LogP contribution in [0.15, 0.2) is 22.7 Å². The number of halogens is 4.